The van der Waals surface area contributed by atoms with Gasteiger partial charge in [0, 0.05) is 21.1 Å². The molecular formula is C2H4FW-. The molecule has 0 nitrogen and oxygen atoms in total. The van der Waals surface area contributed by atoms with Gasteiger partial charge < -0.3 is 6.92 Å². The Hall–Kier alpha value is 0.618. The van der Waals surface area contributed by atoms with Crippen LogP contribution in [0.1, 0.15) is 0 Å². The minimum Gasteiger partial charge on any atom is -0.313 e. The first-order valence-electron chi connectivity index (χ1n) is 0.767. The van der Waals surface area contributed by atoms with Crippen LogP contribution in [0.4, 0.5) is 4.39 Å². The number of hydrogen-bond acceptors (Lipinski definition) is 0. The zero-order valence-corrected chi connectivity index (χ0v) is 5.13. The standard InChI is InChI=1S/C2H4F.W/c1-2-3;/h1-2H2;/q-1;. The normalized spacial score (nSPS) is 4.50. The second-order valence-corrected chi connectivity index (χ2v) is 0.189. The molecule has 0 unspecified atom stereocenters. The van der Waals surface area contributed by atoms with E-state index in [4.69, 9.17) is 0 Å². The maximum absolute atomic E-state index is 10.2. The van der Waals surface area contributed by atoms with Crippen LogP contribution >= 0.6 is 0 Å². The average Bonchev–Trinajstić information content (AvgIpc) is 0.918. The fourth-order valence-electron chi connectivity index (χ4n) is 0. The van der Waals surface area contributed by atoms with Gasteiger partial charge in [0.15, 0.2) is 0 Å². The third kappa shape index (κ3) is 17.9. The second kappa shape index (κ2) is 9.47. The summed E-state index contributed by atoms with van der Waals surface area (Å²) in [6.45, 7) is 2.32. The van der Waals surface area contributed by atoms with E-state index in [0.29, 0.717) is 0 Å². The average molecular weight is 231 g/mol. The Kier molecular flexibility index (Phi) is 20.9. The topological polar surface area (TPSA) is 0 Å². The Morgan fingerprint density at radius 1 is 1.75 bits per heavy atom. The summed E-state index contributed by atoms with van der Waals surface area (Å²) in [6.07, 6.45) is 0. The summed E-state index contributed by atoms with van der Waals surface area (Å²) in [5.41, 5.74) is 0. The third-order valence-electron chi connectivity index (χ3n) is 0. The molecule has 0 spiro atoms. The Morgan fingerprint density at radius 3 is 1.75 bits per heavy atom. The van der Waals surface area contributed by atoms with E-state index in [1.165, 1.54) is 0 Å². The van der Waals surface area contributed by atoms with Crippen molar-refractivity contribution in [3.63, 3.8) is 0 Å². The molecule has 0 aliphatic rings. The van der Waals surface area contributed by atoms with Crippen LogP contribution in [0.25, 0.3) is 0 Å². The van der Waals surface area contributed by atoms with Crippen LogP contribution in [-0.2, 0) is 21.1 Å². The number of rotatable bonds is 0. The Morgan fingerprint density at radius 2 is 1.75 bits per heavy atom. The van der Waals surface area contributed by atoms with E-state index in [9.17, 15) is 4.39 Å². The summed E-state index contributed by atoms with van der Waals surface area (Å²) < 4.78 is 10.2. The number of hydrogen-bond donors (Lipinski definition) is 0. The molecule has 0 bridgehead atoms. The molecular weight excluding hydrogens is 227 g/mol. The van der Waals surface area contributed by atoms with Crippen molar-refractivity contribution in [1.82, 2.24) is 0 Å². The summed E-state index contributed by atoms with van der Waals surface area (Å²) in [4.78, 5) is 0. The molecule has 0 aliphatic carbocycles. The maximum atomic E-state index is 10.2. The molecule has 0 aromatic rings. The first-order chi connectivity index (χ1) is 1.41. The van der Waals surface area contributed by atoms with E-state index in [1.807, 2.05) is 0 Å². The van der Waals surface area contributed by atoms with Crippen molar-refractivity contribution < 1.29 is 25.5 Å². The zero-order chi connectivity index (χ0) is 2.71. The monoisotopic (exact) mass is 231 g/mol. The molecule has 0 amide bonds. The van der Waals surface area contributed by atoms with Crippen molar-refractivity contribution >= 4 is 0 Å². The molecule has 26 valence electrons. The van der Waals surface area contributed by atoms with Gasteiger partial charge in [-0.2, -0.15) is 0 Å². The minimum atomic E-state index is -0.500. The van der Waals surface area contributed by atoms with Crippen molar-refractivity contribution in [2.45, 2.75) is 0 Å². The molecule has 0 heterocycles. The molecule has 0 fully saturated rings. The largest absolute Gasteiger partial charge is 0.313 e. The Labute approximate surface area is 39.7 Å². The molecule has 0 rings (SSSR count). The zero-order valence-electron chi connectivity index (χ0n) is 2.20. The van der Waals surface area contributed by atoms with Gasteiger partial charge in [-0.3, -0.25) is 4.39 Å². The van der Waals surface area contributed by atoms with Crippen molar-refractivity contribution in [1.29, 1.82) is 0 Å². The van der Waals surface area contributed by atoms with Gasteiger partial charge in [-0.25, -0.2) is 0 Å². The number of halogens is 1. The summed E-state index contributed by atoms with van der Waals surface area (Å²) in [5, 5.41) is 0. The molecule has 0 saturated carbocycles. The third-order valence-corrected chi connectivity index (χ3v) is 0. The van der Waals surface area contributed by atoms with E-state index in [-0.39, 0.29) is 21.1 Å². The molecule has 0 aromatic carbocycles. The van der Waals surface area contributed by atoms with Crippen molar-refractivity contribution in [3.8, 4) is 0 Å². The van der Waals surface area contributed by atoms with Gasteiger partial charge in [-0.05, 0) is 6.67 Å². The molecule has 0 aliphatic heterocycles. The van der Waals surface area contributed by atoms with Gasteiger partial charge in [0.05, 0.1) is 0 Å². The van der Waals surface area contributed by atoms with Gasteiger partial charge in [0.25, 0.3) is 0 Å². The molecule has 4 heavy (non-hydrogen) atoms. The molecule has 2 heteroatoms. The van der Waals surface area contributed by atoms with Gasteiger partial charge in [0.1, 0.15) is 0 Å². The molecule has 0 radical (unpaired) electrons. The van der Waals surface area contributed by atoms with E-state index in [1.54, 1.807) is 0 Å². The van der Waals surface area contributed by atoms with E-state index in [2.05, 4.69) is 6.92 Å². The van der Waals surface area contributed by atoms with Crippen LogP contribution < -0.4 is 0 Å². The molecule has 0 atom stereocenters. The first kappa shape index (κ1) is 8.82. The maximum Gasteiger partial charge on any atom is 0 e. The minimum absolute atomic E-state index is 0. The van der Waals surface area contributed by atoms with Crippen molar-refractivity contribution in [3.05, 3.63) is 6.92 Å². The molecule has 0 N–H and O–H groups in total. The van der Waals surface area contributed by atoms with Gasteiger partial charge in [-0.15, -0.1) is 0 Å². The van der Waals surface area contributed by atoms with Gasteiger partial charge in [0.2, 0.25) is 0 Å². The second-order valence-electron chi connectivity index (χ2n) is 0.189. The summed E-state index contributed by atoms with van der Waals surface area (Å²) in [7, 11) is 0. The molecule has 0 aromatic heterocycles. The predicted octanol–water partition coefficient (Wildman–Crippen LogP) is 0.787. The predicted molar refractivity (Wildman–Crippen MR) is 11.3 cm³/mol. The SMILES string of the molecule is [CH2-]CF.[W]. The Balaban J connectivity index is 0. The van der Waals surface area contributed by atoms with E-state index >= 15 is 0 Å². The fraction of sp³-hybridized carbons (Fsp3) is 0.500. The van der Waals surface area contributed by atoms with E-state index < -0.39 is 6.67 Å². The van der Waals surface area contributed by atoms with Crippen molar-refractivity contribution in [2.24, 2.45) is 0 Å². The first-order valence-corrected chi connectivity index (χ1v) is 0.767. The van der Waals surface area contributed by atoms with E-state index in [0.717, 1.165) is 0 Å². The van der Waals surface area contributed by atoms with Crippen LogP contribution in [0.2, 0.25) is 0 Å². The number of alkyl halides is 1. The summed E-state index contributed by atoms with van der Waals surface area (Å²) in [6, 6.07) is 0. The summed E-state index contributed by atoms with van der Waals surface area (Å²) in [5.74, 6) is 0. The van der Waals surface area contributed by atoms with Gasteiger partial charge in [-0.1, -0.05) is 0 Å². The van der Waals surface area contributed by atoms with Crippen LogP contribution in [-0.4, -0.2) is 6.67 Å². The van der Waals surface area contributed by atoms with Crippen LogP contribution in [0.15, 0.2) is 0 Å². The van der Waals surface area contributed by atoms with Crippen LogP contribution in [0.3, 0.4) is 0 Å². The smallest absolute Gasteiger partial charge is 0 e. The van der Waals surface area contributed by atoms with Crippen LogP contribution in [0.5, 0.6) is 0 Å². The summed E-state index contributed by atoms with van der Waals surface area (Å²) >= 11 is 0. The van der Waals surface area contributed by atoms with Gasteiger partial charge >= 0.3 is 0 Å². The Bertz CT molecular complexity index is 6.00. The van der Waals surface area contributed by atoms with Crippen LogP contribution in [0, 0.1) is 6.92 Å². The van der Waals surface area contributed by atoms with Crippen molar-refractivity contribution in [2.75, 3.05) is 6.67 Å². The molecule has 0 saturated heterocycles. The quantitative estimate of drug-likeness (QED) is 0.540. The fourth-order valence-corrected chi connectivity index (χ4v) is 0.